The molecule has 7 heteroatoms. The lowest BCUT2D eigenvalue weighted by Gasteiger charge is -2.11. The largest absolute Gasteiger partial charge is 0.349 e. The first kappa shape index (κ1) is 14.1. The molecule has 1 unspecified atom stereocenters. The van der Waals surface area contributed by atoms with Crippen LogP contribution in [0.15, 0.2) is 12.1 Å². The van der Waals surface area contributed by atoms with Crippen LogP contribution < -0.4 is 5.32 Å². The van der Waals surface area contributed by atoms with Gasteiger partial charge in [-0.1, -0.05) is 27.3 Å². The van der Waals surface area contributed by atoms with Gasteiger partial charge in [-0.2, -0.15) is 0 Å². The second kappa shape index (κ2) is 6.70. The number of hydrogen-bond acceptors (Lipinski definition) is 4. The molecule has 1 amide bonds. The first-order valence-corrected chi connectivity index (χ1v) is 7.09. The van der Waals surface area contributed by atoms with E-state index in [9.17, 15) is 14.9 Å². The monoisotopic (exact) mass is 320 g/mol. The van der Waals surface area contributed by atoms with Crippen LogP contribution in [0.4, 0.5) is 5.00 Å². The lowest BCUT2D eigenvalue weighted by Crippen LogP contribution is -2.31. The molecule has 1 aromatic heterocycles. The molecule has 0 spiro atoms. The summed E-state index contributed by atoms with van der Waals surface area (Å²) in [7, 11) is 0. The minimum Gasteiger partial charge on any atom is -0.349 e. The Hall–Kier alpha value is -0.950. The van der Waals surface area contributed by atoms with Gasteiger partial charge in [0.1, 0.15) is 0 Å². The Morgan fingerprint density at radius 1 is 1.65 bits per heavy atom. The minimum absolute atomic E-state index is 0.0109. The van der Waals surface area contributed by atoms with Gasteiger partial charge in [0.25, 0.3) is 5.91 Å². The van der Waals surface area contributed by atoms with E-state index in [1.54, 1.807) is 0 Å². The molecule has 1 rings (SSSR count). The number of alkyl halides is 1. The maximum atomic E-state index is 11.7. The van der Waals surface area contributed by atoms with Crippen molar-refractivity contribution in [3.05, 3.63) is 27.1 Å². The third-order valence-electron chi connectivity index (χ3n) is 2.14. The highest BCUT2D eigenvalue weighted by molar-refractivity contribution is 9.09. The zero-order chi connectivity index (χ0) is 12.8. The summed E-state index contributed by atoms with van der Waals surface area (Å²) in [5.74, 6) is -0.245. The quantitative estimate of drug-likeness (QED) is 0.497. The molecule has 0 aromatic carbocycles. The lowest BCUT2D eigenvalue weighted by molar-refractivity contribution is -0.380. The summed E-state index contributed by atoms with van der Waals surface area (Å²) >= 11 is 4.22. The van der Waals surface area contributed by atoms with E-state index in [4.69, 9.17) is 0 Å². The SMILES string of the molecule is CC(CCCBr)NC(=O)c1ccc([N+](=O)[O-])s1. The van der Waals surface area contributed by atoms with E-state index >= 15 is 0 Å². The third kappa shape index (κ3) is 4.43. The fourth-order valence-electron chi connectivity index (χ4n) is 1.30. The van der Waals surface area contributed by atoms with Gasteiger partial charge in [-0.25, -0.2) is 0 Å². The van der Waals surface area contributed by atoms with E-state index in [-0.39, 0.29) is 17.0 Å². The van der Waals surface area contributed by atoms with Gasteiger partial charge < -0.3 is 5.32 Å². The molecule has 5 nitrogen and oxygen atoms in total. The molecule has 0 aliphatic heterocycles. The molecule has 0 saturated carbocycles. The summed E-state index contributed by atoms with van der Waals surface area (Å²) in [5.41, 5.74) is 0. The van der Waals surface area contributed by atoms with Crippen molar-refractivity contribution in [2.45, 2.75) is 25.8 Å². The molecule has 17 heavy (non-hydrogen) atoms. The number of rotatable bonds is 6. The number of nitrogens with one attached hydrogen (secondary N) is 1. The van der Waals surface area contributed by atoms with Crippen molar-refractivity contribution >= 4 is 38.2 Å². The van der Waals surface area contributed by atoms with Crippen LogP contribution >= 0.6 is 27.3 Å². The molecule has 0 radical (unpaired) electrons. The normalized spacial score (nSPS) is 12.1. The summed E-state index contributed by atoms with van der Waals surface area (Å²) in [5, 5.41) is 14.2. The van der Waals surface area contributed by atoms with Crippen molar-refractivity contribution in [2.75, 3.05) is 5.33 Å². The lowest BCUT2D eigenvalue weighted by atomic mass is 10.2. The molecular formula is C10H13BrN2O3S. The Kier molecular flexibility index (Phi) is 5.57. The first-order valence-electron chi connectivity index (χ1n) is 5.15. The Morgan fingerprint density at radius 2 is 2.35 bits per heavy atom. The average Bonchev–Trinajstić information content (AvgIpc) is 2.75. The molecule has 1 aromatic rings. The molecule has 0 aliphatic rings. The van der Waals surface area contributed by atoms with Crippen molar-refractivity contribution in [3.63, 3.8) is 0 Å². The molecule has 0 saturated heterocycles. The Labute approximate surface area is 111 Å². The van der Waals surface area contributed by atoms with Gasteiger partial charge in [0.2, 0.25) is 0 Å². The van der Waals surface area contributed by atoms with Crippen LogP contribution in [0.2, 0.25) is 0 Å². The molecule has 0 aliphatic carbocycles. The van der Waals surface area contributed by atoms with E-state index in [1.807, 2.05) is 6.92 Å². The third-order valence-corrected chi connectivity index (χ3v) is 3.74. The van der Waals surface area contributed by atoms with E-state index in [2.05, 4.69) is 21.2 Å². The average molecular weight is 321 g/mol. The molecule has 1 heterocycles. The number of nitro groups is 1. The molecule has 94 valence electrons. The number of carbonyl (C=O) groups excluding carboxylic acids is 1. The van der Waals surface area contributed by atoms with Crippen molar-refractivity contribution in [1.82, 2.24) is 5.32 Å². The number of nitrogens with zero attached hydrogens (tertiary/aromatic N) is 1. The van der Waals surface area contributed by atoms with E-state index in [1.165, 1.54) is 12.1 Å². The number of carbonyl (C=O) groups is 1. The highest BCUT2D eigenvalue weighted by atomic mass is 79.9. The fraction of sp³-hybridized carbons (Fsp3) is 0.500. The van der Waals surface area contributed by atoms with Crippen LogP contribution in [0.3, 0.4) is 0 Å². The summed E-state index contributed by atoms with van der Waals surface area (Å²) in [6.45, 7) is 1.92. The maximum Gasteiger partial charge on any atom is 0.324 e. The first-order chi connectivity index (χ1) is 8.04. The smallest absolute Gasteiger partial charge is 0.324 e. The molecule has 1 atom stereocenters. The molecule has 0 bridgehead atoms. The van der Waals surface area contributed by atoms with Gasteiger partial charge in [-0.15, -0.1) is 0 Å². The zero-order valence-electron chi connectivity index (χ0n) is 9.31. The van der Waals surface area contributed by atoms with E-state index in [0.717, 1.165) is 29.5 Å². The summed E-state index contributed by atoms with van der Waals surface area (Å²) < 4.78 is 0. The number of halogens is 1. The van der Waals surface area contributed by atoms with Gasteiger partial charge in [0.15, 0.2) is 0 Å². The van der Waals surface area contributed by atoms with Crippen molar-refractivity contribution in [3.8, 4) is 0 Å². The number of hydrogen-bond donors (Lipinski definition) is 1. The van der Waals surface area contributed by atoms with Gasteiger partial charge in [0.05, 0.1) is 9.80 Å². The van der Waals surface area contributed by atoms with E-state index in [0.29, 0.717) is 4.88 Å². The summed E-state index contributed by atoms with van der Waals surface area (Å²) in [6.07, 6.45) is 1.86. The molecule has 0 fully saturated rings. The summed E-state index contributed by atoms with van der Waals surface area (Å²) in [6, 6.07) is 2.90. The topological polar surface area (TPSA) is 72.2 Å². The molecule has 1 N–H and O–H groups in total. The fourth-order valence-corrected chi connectivity index (χ4v) is 2.35. The van der Waals surface area contributed by atoms with Crippen LogP contribution in [0.25, 0.3) is 0 Å². The van der Waals surface area contributed by atoms with Gasteiger partial charge >= 0.3 is 5.00 Å². The van der Waals surface area contributed by atoms with Gasteiger partial charge in [-0.3, -0.25) is 14.9 Å². The number of amides is 1. The van der Waals surface area contributed by atoms with Crippen LogP contribution in [0.1, 0.15) is 29.4 Å². The number of thiophene rings is 1. The van der Waals surface area contributed by atoms with Gasteiger partial charge in [0, 0.05) is 17.4 Å². The minimum atomic E-state index is -0.490. The van der Waals surface area contributed by atoms with E-state index < -0.39 is 4.92 Å². The van der Waals surface area contributed by atoms with Crippen molar-refractivity contribution in [1.29, 1.82) is 0 Å². The second-order valence-corrected chi connectivity index (χ2v) is 5.46. The second-order valence-electron chi connectivity index (χ2n) is 3.60. The predicted molar refractivity (Wildman–Crippen MR) is 70.9 cm³/mol. The highest BCUT2D eigenvalue weighted by Crippen LogP contribution is 2.23. The Morgan fingerprint density at radius 3 is 2.88 bits per heavy atom. The van der Waals surface area contributed by atoms with Crippen molar-refractivity contribution in [2.24, 2.45) is 0 Å². The van der Waals surface area contributed by atoms with Crippen LogP contribution in [-0.2, 0) is 0 Å². The van der Waals surface area contributed by atoms with Crippen molar-refractivity contribution < 1.29 is 9.72 Å². The summed E-state index contributed by atoms with van der Waals surface area (Å²) in [4.78, 5) is 22.1. The molecular weight excluding hydrogens is 308 g/mol. The van der Waals surface area contributed by atoms with Crippen LogP contribution in [0, 0.1) is 10.1 Å². The Bertz CT molecular complexity index is 408. The maximum absolute atomic E-state index is 11.7. The standard InChI is InChI=1S/C10H13BrN2O3S/c1-7(3-2-6-11)12-10(14)8-4-5-9(17-8)13(15)16/h4-5,7H,2-3,6H2,1H3,(H,12,14). The van der Waals surface area contributed by atoms with Crippen LogP contribution in [-0.4, -0.2) is 22.2 Å². The zero-order valence-corrected chi connectivity index (χ0v) is 11.7. The van der Waals surface area contributed by atoms with Gasteiger partial charge in [-0.05, 0) is 25.8 Å². The van der Waals surface area contributed by atoms with Crippen LogP contribution in [0.5, 0.6) is 0 Å². The highest BCUT2D eigenvalue weighted by Gasteiger charge is 2.16. The predicted octanol–water partition coefficient (Wildman–Crippen LogP) is 2.95. The Balaban J connectivity index is 2.54.